The number of carbonyl (C=O) groups is 1. The van der Waals surface area contributed by atoms with Crippen LogP contribution in [0.2, 0.25) is 0 Å². The van der Waals surface area contributed by atoms with Gasteiger partial charge in [0.25, 0.3) is 0 Å². The van der Waals surface area contributed by atoms with Gasteiger partial charge in [-0.3, -0.25) is 4.79 Å². The van der Waals surface area contributed by atoms with Gasteiger partial charge in [0.05, 0.1) is 11.8 Å². The van der Waals surface area contributed by atoms with Crippen LogP contribution in [0.4, 0.5) is 0 Å². The third-order valence-electron chi connectivity index (χ3n) is 2.22. The highest BCUT2D eigenvalue weighted by Crippen LogP contribution is 2.13. The Hall–Kier alpha value is -1.33. The van der Waals surface area contributed by atoms with Gasteiger partial charge in [-0.25, -0.2) is 0 Å². The summed E-state index contributed by atoms with van der Waals surface area (Å²) in [4.78, 5) is 11.0. The number of β-amino-alcohol motifs (C(OH)–C–C–N with tert-alkyl or cyclic N) is 1. The van der Waals surface area contributed by atoms with E-state index in [1.807, 2.05) is 0 Å². The number of rotatable bonds is 5. The van der Waals surface area contributed by atoms with Crippen LogP contribution in [0.3, 0.4) is 0 Å². The standard InChI is InChI=1S/C10H16N2O3/c1-10(2,9(11)14)12-6-7(13)8-4-3-5-15-8/h3-5,7,12-13H,6H2,1-2H3,(H2,11,14). The van der Waals surface area contributed by atoms with Crippen molar-refractivity contribution in [3.05, 3.63) is 24.2 Å². The van der Waals surface area contributed by atoms with Crippen LogP contribution in [0.15, 0.2) is 22.8 Å². The number of hydrogen-bond acceptors (Lipinski definition) is 4. The summed E-state index contributed by atoms with van der Waals surface area (Å²) in [5.74, 6) is -0.00286. The molecule has 0 aliphatic carbocycles. The zero-order chi connectivity index (χ0) is 11.5. The Balaban J connectivity index is 2.47. The number of furan rings is 1. The minimum Gasteiger partial charge on any atom is -0.467 e. The number of nitrogens with one attached hydrogen (secondary N) is 1. The molecule has 0 aromatic carbocycles. The van der Waals surface area contributed by atoms with Crippen LogP contribution in [0.5, 0.6) is 0 Å². The van der Waals surface area contributed by atoms with Gasteiger partial charge >= 0.3 is 0 Å². The number of amides is 1. The van der Waals surface area contributed by atoms with Gasteiger partial charge in [0.15, 0.2) is 0 Å². The van der Waals surface area contributed by atoms with Crippen LogP contribution in [0.25, 0.3) is 0 Å². The Bertz CT molecular complexity index is 319. The van der Waals surface area contributed by atoms with Crippen molar-refractivity contribution in [3.8, 4) is 0 Å². The number of aliphatic hydroxyl groups excluding tert-OH is 1. The van der Waals surface area contributed by atoms with E-state index < -0.39 is 17.6 Å². The molecule has 0 spiro atoms. The van der Waals surface area contributed by atoms with Gasteiger partial charge in [-0.1, -0.05) is 0 Å². The van der Waals surface area contributed by atoms with Crippen molar-refractivity contribution in [2.45, 2.75) is 25.5 Å². The predicted molar refractivity (Wildman–Crippen MR) is 54.9 cm³/mol. The van der Waals surface area contributed by atoms with E-state index >= 15 is 0 Å². The third kappa shape index (κ3) is 3.07. The van der Waals surface area contributed by atoms with Crippen LogP contribution in [0, 0.1) is 0 Å². The first-order chi connectivity index (χ1) is 6.93. The van der Waals surface area contributed by atoms with Gasteiger partial charge in [0.2, 0.25) is 5.91 Å². The maximum Gasteiger partial charge on any atom is 0.237 e. The summed E-state index contributed by atoms with van der Waals surface area (Å²) in [5.41, 5.74) is 4.33. The van der Waals surface area contributed by atoms with E-state index in [2.05, 4.69) is 5.32 Å². The van der Waals surface area contributed by atoms with Gasteiger partial charge in [0.1, 0.15) is 11.9 Å². The van der Waals surface area contributed by atoms with Crippen LogP contribution < -0.4 is 11.1 Å². The van der Waals surface area contributed by atoms with E-state index in [1.54, 1.807) is 26.0 Å². The van der Waals surface area contributed by atoms with Gasteiger partial charge in [-0.05, 0) is 26.0 Å². The lowest BCUT2D eigenvalue weighted by molar-refractivity contribution is -0.123. The lowest BCUT2D eigenvalue weighted by atomic mass is 10.0. The maximum absolute atomic E-state index is 11.0. The Morgan fingerprint density at radius 3 is 2.87 bits per heavy atom. The highest BCUT2D eigenvalue weighted by molar-refractivity contribution is 5.83. The van der Waals surface area contributed by atoms with E-state index in [1.165, 1.54) is 6.26 Å². The summed E-state index contributed by atoms with van der Waals surface area (Å²) < 4.78 is 5.01. The molecule has 0 radical (unpaired) electrons. The Labute approximate surface area is 88.3 Å². The lowest BCUT2D eigenvalue weighted by Crippen LogP contribution is -2.51. The molecule has 0 aliphatic heterocycles. The van der Waals surface area contributed by atoms with Crippen molar-refractivity contribution in [3.63, 3.8) is 0 Å². The molecule has 1 aromatic rings. The van der Waals surface area contributed by atoms with Gasteiger partial charge in [0, 0.05) is 6.54 Å². The molecule has 15 heavy (non-hydrogen) atoms. The number of carbonyl (C=O) groups excluding carboxylic acids is 1. The molecule has 5 nitrogen and oxygen atoms in total. The van der Waals surface area contributed by atoms with Crippen molar-refractivity contribution in [2.75, 3.05) is 6.54 Å². The largest absolute Gasteiger partial charge is 0.467 e. The number of nitrogens with two attached hydrogens (primary N) is 1. The molecule has 0 fully saturated rings. The van der Waals surface area contributed by atoms with Crippen molar-refractivity contribution in [1.82, 2.24) is 5.32 Å². The first-order valence-electron chi connectivity index (χ1n) is 4.70. The lowest BCUT2D eigenvalue weighted by Gasteiger charge is -2.23. The predicted octanol–water partition coefficient (Wildman–Crippen LogP) is 0.166. The average Bonchev–Trinajstić information content (AvgIpc) is 2.66. The summed E-state index contributed by atoms with van der Waals surface area (Å²) >= 11 is 0. The van der Waals surface area contributed by atoms with Gasteiger partial charge in [-0.15, -0.1) is 0 Å². The monoisotopic (exact) mass is 212 g/mol. The second-order valence-electron chi connectivity index (χ2n) is 3.90. The molecule has 1 atom stereocenters. The van der Waals surface area contributed by atoms with Crippen molar-refractivity contribution < 1.29 is 14.3 Å². The smallest absolute Gasteiger partial charge is 0.237 e. The summed E-state index contributed by atoms with van der Waals surface area (Å²) in [5, 5.41) is 12.5. The zero-order valence-electron chi connectivity index (χ0n) is 8.86. The van der Waals surface area contributed by atoms with Crippen molar-refractivity contribution >= 4 is 5.91 Å². The molecule has 1 heterocycles. The summed E-state index contributed by atoms with van der Waals surface area (Å²) in [6, 6.07) is 3.36. The molecular weight excluding hydrogens is 196 g/mol. The first-order valence-corrected chi connectivity index (χ1v) is 4.70. The molecule has 1 rings (SSSR count). The van der Waals surface area contributed by atoms with E-state index in [0.717, 1.165) is 0 Å². The number of hydrogen-bond donors (Lipinski definition) is 3. The molecule has 4 N–H and O–H groups in total. The molecule has 0 saturated heterocycles. The Morgan fingerprint density at radius 2 is 2.40 bits per heavy atom. The summed E-state index contributed by atoms with van der Waals surface area (Å²) in [6.45, 7) is 3.53. The van der Waals surface area contributed by atoms with Crippen LogP contribution in [-0.4, -0.2) is 23.1 Å². The summed E-state index contributed by atoms with van der Waals surface area (Å²) in [6.07, 6.45) is 0.705. The molecule has 0 bridgehead atoms. The fourth-order valence-corrected chi connectivity index (χ4v) is 1.02. The second-order valence-corrected chi connectivity index (χ2v) is 3.90. The van der Waals surface area contributed by atoms with Crippen LogP contribution in [-0.2, 0) is 4.79 Å². The summed E-state index contributed by atoms with van der Waals surface area (Å²) in [7, 11) is 0. The van der Waals surface area contributed by atoms with Crippen molar-refractivity contribution in [2.24, 2.45) is 5.73 Å². The fourth-order valence-electron chi connectivity index (χ4n) is 1.02. The zero-order valence-corrected chi connectivity index (χ0v) is 8.86. The van der Waals surface area contributed by atoms with Gasteiger partial charge < -0.3 is 20.6 Å². The molecule has 0 aliphatic rings. The average molecular weight is 212 g/mol. The number of primary amides is 1. The first kappa shape index (κ1) is 11.7. The normalized spacial score (nSPS) is 13.8. The molecule has 1 unspecified atom stereocenters. The van der Waals surface area contributed by atoms with E-state index in [4.69, 9.17) is 10.2 Å². The second kappa shape index (κ2) is 4.46. The Kier molecular flexibility index (Phi) is 3.49. The van der Waals surface area contributed by atoms with Crippen molar-refractivity contribution in [1.29, 1.82) is 0 Å². The molecule has 1 amide bonds. The quantitative estimate of drug-likeness (QED) is 0.649. The topological polar surface area (TPSA) is 88.5 Å². The van der Waals surface area contributed by atoms with Gasteiger partial charge in [-0.2, -0.15) is 0 Å². The third-order valence-corrected chi connectivity index (χ3v) is 2.22. The molecular formula is C10H16N2O3. The van der Waals surface area contributed by atoms with E-state index in [9.17, 15) is 9.90 Å². The minimum absolute atomic E-state index is 0.212. The minimum atomic E-state index is -0.840. The fraction of sp³-hybridized carbons (Fsp3) is 0.500. The molecule has 1 aromatic heterocycles. The SMILES string of the molecule is CC(C)(NCC(O)c1ccco1)C(N)=O. The van der Waals surface area contributed by atoms with Crippen LogP contribution in [0.1, 0.15) is 25.7 Å². The molecule has 5 heteroatoms. The Morgan fingerprint density at radius 1 is 1.73 bits per heavy atom. The maximum atomic E-state index is 11.0. The van der Waals surface area contributed by atoms with E-state index in [0.29, 0.717) is 5.76 Å². The molecule has 84 valence electrons. The highest BCUT2D eigenvalue weighted by Gasteiger charge is 2.25. The van der Waals surface area contributed by atoms with Crippen LogP contribution >= 0.6 is 0 Å². The van der Waals surface area contributed by atoms with E-state index in [-0.39, 0.29) is 6.54 Å². The highest BCUT2D eigenvalue weighted by atomic mass is 16.4. The number of aliphatic hydroxyl groups is 1. The molecule has 0 saturated carbocycles.